The number of aryl methyl sites for hydroxylation is 1. The Hall–Kier alpha value is -2.49. The summed E-state index contributed by atoms with van der Waals surface area (Å²) in [5, 5.41) is 16.3. The first-order chi connectivity index (χ1) is 9.47. The average Bonchev–Trinajstić information content (AvgIpc) is 2.74. The number of carboxylic acids is 1. The Morgan fingerprint density at radius 3 is 2.70 bits per heavy atom. The number of urea groups is 1. The highest BCUT2D eigenvalue weighted by atomic mass is 16.5. The van der Waals surface area contributed by atoms with Crippen LogP contribution in [0.25, 0.3) is 0 Å². The molecule has 10 heteroatoms. The Labute approximate surface area is 113 Å². The van der Waals surface area contributed by atoms with Crippen LogP contribution in [0.1, 0.15) is 11.7 Å². The van der Waals surface area contributed by atoms with Gasteiger partial charge in [-0.15, -0.1) is 0 Å². The lowest BCUT2D eigenvalue weighted by atomic mass is 10.4. The summed E-state index contributed by atoms with van der Waals surface area (Å²) < 4.78 is 9.25. The molecule has 0 atom stereocenters. The molecule has 10 nitrogen and oxygen atoms in total. The normalized spacial score (nSPS) is 10.1. The highest BCUT2D eigenvalue weighted by Crippen LogP contribution is 1.94. The quantitative estimate of drug-likeness (QED) is 0.569. The van der Waals surface area contributed by atoms with Gasteiger partial charge in [-0.2, -0.15) is 4.98 Å². The first kappa shape index (κ1) is 15.6. The highest BCUT2D eigenvalue weighted by Gasteiger charge is 2.09. The number of hydrogen-bond acceptors (Lipinski definition) is 7. The molecular weight excluding hydrogens is 272 g/mol. The number of amides is 3. The smallest absolute Gasteiger partial charge is 0.329 e. The topological polar surface area (TPSA) is 144 Å². The predicted molar refractivity (Wildman–Crippen MR) is 62.7 cm³/mol. The van der Waals surface area contributed by atoms with E-state index in [1.807, 2.05) is 5.32 Å². The molecule has 0 aliphatic rings. The average molecular weight is 286 g/mol. The second-order valence-corrected chi connectivity index (χ2v) is 3.67. The van der Waals surface area contributed by atoms with E-state index < -0.39 is 31.1 Å². The minimum atomic E-state index is -1.20. The number of hydrogen-bond donors (Lipinski definition) is 3. The number of carbonyl (C=O) groups is 3. The van der Waals surface area contributed by atoms with Crippen molar-refractivity contribution in [1.29, 1.82) is 0 Å². The zero-order chi connectivity index (χ0) is 15.0. The molecule has 1 aromatic heterocycles. The van der Waals surface area contributed by atoms with E-state index in [-0.39, 0.29) is 6.54 Å². The predicted octanol–water partition coefficient (Wildman–Crippen LogP) is -1.15. The molecule has 0 spiro atoms. The van der Waals surface area contributed by atoms with E-state index in [9.17, 15) is 14.4 Å². The zero-order valence-corrected chi connectivity index (χ0v) is 10.7. The largest absolute Gasteiger partial charge is 0.480 e. The van der Waals surface area contributed by atoms with Gasteiger partial charge in [-0.3, -0.25) is 10.1 Å². The van der Waals surface area contributed by atoms with Crippen LogP contribution in [0, 0.1) is 6.92 Å². The molecule has 0 saturated heterocycles. The summed E-state index contributed by atoms with van der Waals surface area (Å²) in [6, 6.07) is -0.714. The van der Waals surface area contributed by atoms with Gasteiger partial charge >= 0.3 is 12.0 Å². The van der Waals surface area contributed by atoms with Gasteiger partial charge in [-0.05, 0) is 0 Å². The van der Waals surface area contributed by atoms with E-state index in [4.69, 9.17) is 9.63 Å². The summed E-state index contributed by atoms with van der Waals surface area (Å²) >= 11 is 0. The zero-order valence-electron chi connectivity index (χ0n) is 10.7. The van der Waals surface area contributed by atoms with Crippen LogP contribution in [0.15, 0.2) is 4.52 Å². The van der Waals surface area contributed by atoms with Crippen LogP contribution in [0.3, 0.4) is 0 Å². The van der Waals surface area contributed by atoms with Crippen LogP contribution >= 0.6 is 0 Å². The Kier molecular flexibility index (Phi) is 6.10. The lowest BCUT2D eigenvalue weighted by molar-refractivity contribution is -0.143. The summed E-state index contributed by atoms with van der Waals surface area (Å²) in [4.78, 5) is 36.5. The molecule has 1 heterocycles. The summed E-state index contributed by atoms with van der Waals surface area (Å²) in [6.45, 7) is 0.747. The van der Waals surface area contributed by atoms with Crippen LogP contribution < -0.4 is 10.6 Å². The van der Waals surface area contributed by atoms with Crippen LogP contribution in [-0.4, -0.2) is 52.9 Å². The summed E-state index contributed by atoms with van der Waals surface area (Å²) in [5.74, 6) is -1.06. The monoisotopic (exact) mass is 286 g/mol. The van der Waals surface area contributed by atoms with E-state index in [0.29, 0.717) is 18.1 Å². The van der Waals surface area contributed by atoms with Gasteiger partial charge in [0.1, 0.15) is 13.2 Å². The number of aliphatic carboxylic acids is 1. The van der Waals surface area contributed by atoms with E-state index in [0.717, 1.165) is 0 Å². The second-order valence-electron chi connectivity index (χ2n) is 3.67. The first-order valence-electron chi connectivity index (χ1n) is 5.64. The van der Waals surface area contributed by atoms with Gasteiger partial charge < -0.3 is 19.7 Å². The van der Waals surface area contributed by atoms with Crippen molar-refractivity contribution in [3.8, 4) is 0 Å². The number of ether oxygens (including phenoxy) is 1. The fourth-order valence-electron chi connectivity index (χ4n) is 1.17. The van der Waals surface area contributed by atoms with Crippen molar-refractivity contribution >= 4 is 17.9 Å². The van der Waals surface area contributed by atoms with E-state index in [1.54, 1.807) is 6.92 Å². The molecule has 110 valence electrons. The van der Waals surface area contributed by atoms with Crippen LogP contribution in [0.4, 0.5) is 4.79 Å². The van der Waals surface area contributed by atoms with Gasteiger partial charge in [-0.25, -0.2) is 9.59 Å². The molecule has 0 fully saturated rings. The van der Waals surface area contributed by atoms with Crippen molar-refractivity contribution in [3.05, 3.63) is 11.7 Å². The Balaban J connectivity index is 2.13. The molecule has 0 unspecified atom stereocenters. The maximum absolute atomic E-state index is 11.3. The molecule has 0 aliphatic heterocycles. The van der Waals surface area contributed by atoms with Crippen molar-refractivity contribution < 1.29 is 28.8 Å². The van der Waals surface area contributed by atoms with Gasteiger partial charge in [-0.1, -0.05) is 5.16 Å². The number of carbonyl (C=O) groups excluding carboxylic acids is 2. The molecule has 0 radical (unpaired) electrons. The Morgan fingerprint density at radius 2 is 2.10 bits per heavy atom. The molecule has 0 saturated carbocycles. The van der Waals surface area contributed by atoms with E-state index >= 15 is 0 Å². The van der Waals surface area contributed by atoms with Crippen molar-refractivity contribution in [3.63, 3.8) is 0 Å². The van der Waals surface area contributed by atoms with Crippen LogP contribution in [0.2, 0.25) is 0 Å². The molecular formula is C10H14N4O6. The lowest BCUT2D eigenvalue weighted by Crippen LogP contribution is -2.42. The van der Waals surface area contributed by atoms with Crippen molar-refractivity contribution in [1.82, 2.24) is 20.8 Å². The maximum atomic E-state index is 11.3. The molecule has 3 N–H and O–H groups in total. The van der Waals surface area contributed by atoms with Gasteiger partial charge in [0.15, 0.2) is 5.82 Å². The Bertz CT molecular complexity index is 486. The minimum absolute atomic E-state index is 0.216. The third-order valence-electron chi connectivity index (χ3n) is 1.92. The van der Waals surface area contributed by atoms with E-state index in [2.05, 4.69) is 20.2 Å². The number of nitrogens with zero attached hydrogens (tertiary/aromatic N) is 2. The summed E-state index contributed by atoms with van der Waals surface area (Å²) in [7, 11) is 0. The minimum Gasteiger partial charge on any atom is -0.480 e. The SMILES string of the molecule is Cc1nc(CCNC(=O)NC(=O)COCC(=O)O)no1. The number of aromatic nitrogens is 2. The fourth-order valence-corrected chi connectivity index (χ4v) is 1.17. The fraction of sp³-hybridized carbons (Fsp3) is 0.500. The molecule has 3 amide bonds. The second kappa shape index (κ2) is 7.84. The highest BCUT2D eigenvalue weighted by molar-refractivity contribution is 5.94. The van der Waals surface area contributed by atoms with Crippen LogP contribution in [-0.2, 0) is 20.7 Å². The van der Waals surface area contributed by atoms with Gasteiger partial charge in [0.25, 0.3) is 5.91 Å². The van der Waals surface area contributed by atoms with Gasteiger partial charge in [0.2, 0.25) is 5.89 Å². The van der Waals surface area contributed by atoms with Gasteiger partial charge in [0.05, 0.1) is 0 Å². The molecule has 0 bridgehead atoms. The standard InChI is InChI=1S/C10H14N4O6/c1-6-12-7(14-20-6)2-3-11-10(18)13-8(15)4-19-5-9(16)17/h2-5H2,1H3,(H,16,17)(H2,11,13,15,18). The molecule has 1 aromatic rings. The van der Waals surface area contributed by atoms with Crippen LogP contribution in [0.5, 0.6) is 0 Å². The molecule has 20 heavy (non-hydrogen) atoms. The Morgan fingerprint density at radius 1 is 1.35 bits per heavy atom. The number of carboxylic acid groups (broad SMARTS) is 1. The van der Waals surface area contributed by atoms with E-state index in [1.165, 1.54) is 0 Å². The van der Waals surface area contributed by atoms with Crippen molar-refractivity contribution in [2.24, 2.45) is 0 Å². The first-order valence-corrected chi connectivity index (χ1v) is 5.64. The third kappa shape index (κ3) is 6.44. The number of imide groups is 1. The maximum Gasteiger partial charge on any atom is 0.329 e. The number of rotatable bonds is 7. The summed E-state index contributed by atoms with van der Waals surface area (Å²) in [5.41, 5.74) is 0. The van der Waals surface area contributed by atoms with Gasteiger partial charge in [0, 0.05) is 19.9 Å². The molecule has 0 aliphatic carbocycles. The lowest BCUT2D eigenvalue weighted by Gasteiger charge is -2.05. The van der Waals surface area contributed by atoms with Crippen molar-refractivity contribution in [2.45, 2.75) is 13.3 Å². The number of nitrogens with one attached hydrogen (secondary N) is 2. The molecule has 1 rings (SSSR count). The van der Waals surface area contributed by atoms with Crippen molar-refractivity contribution in [2.75, 3.05) is 19.8 Å². The summed E-state index contributed by atoms with van der Waals surface area (Å²) in [6.07, 6.45) is 0.356. The molecule has 0 aromatic carbocycles. The third-order valence-corrected chi connectivity index (χ3v) is 1.92.